The van der Waals surface area contributed by atoms with Gasteiger partial charge in [-0.15, -0.1) is 0 Å². The minimum Gasteiger partial charge on any atom is -0.494 e. The van der Waals surface area contributed by atoms with Gasteiger partial charge < -0.3 is 10.1 Å². The third kappa shape index (κ3) is 5.09. The van der Waals surface area contributed by atoms with Crippen LogP contribution in [0.1, 0.15) is 29.3 Å². The Balaban J connectivity index is 2.27. The van der Waals surface area contributed by atoms with Crippen LogP contribution in [0.3, 0.4) is 0 Å². The quantitative estimate of drug-likeness (QED) is 0.684. The van der Waals surface area contributed by atoms with Gasteiger partial charge in [0.05, 0.1) is 11.5 Å². The molecule has 0 saturated heterocycles. The summed E-state index contributed by atoms with van der Waals surface area (Å²) in [7, 11) is -0.780. The van der Waals surface area contributed by atoms with Crippen LogP contribution >= 0.6 is 15.9 Å². The summed E-state index contributed by atoms with van der Waals surface area (Å²) in [5.41, 5.74) is 1.75. The lowest BCUT2D eigenvalue weighted by molar-refractivity contribution is 0.102. The second-order valence-corrected chi connectivity index (χ2v) is 9.19. The third-order valence-electron chi connectivity index (χ3n) is 3.87. The third-order valence-corrected chi connectivity index (χ3v) is 6.68. The molecule has 0 aliphatic heterocycles. The van der Waals surface area contributed by atoms with E-state index < -0.39 is 10.0 Å². The second kappa shape index (κ2) is 8.86. The Hall–Kier alpha value is -1.90. The second-order valence-electron chi connectivity index (χ2n) is 6.21. The van der Waals surface area contributed by atoms with Gasteiger partial charge >= 0.3 is 0 Å². The number of benzene rings is 2. The molecule has 2 aromatic rings. The van der Waals surface area contributed by atoms with Gasteiger partial charge in [-0.2, -0.15) is 0 Å². The summed E-state index contributed by atoms with van der Waals surface area (Å²) in [6.07, 6.45) is 0.916. The van der Waals surface area contributed by atoms with Crippen LogP contribution in [0, 0.1) is 6.92 Å². The minimum absolute atomic E-state index is 0.0418. The lowest BCUT2D eigenvalue weighted by Gasteiger charge is -2.15. The standard InChI is InChI=1S/C19H23BrN2O4S/c1-5-10-26-15-7-9-17(13(2)11-15)21-19(23)14-6-8-16(20)18(12-14)27(24,25)22(3)4/h6-9,11-12H,5,10H2,1-4H3,(H,21,23). The van der Waals surface area contributed by atoms with Gasteiger partial charge in [-0.05, 0) is 71.2 Å². The number of halogens is 1. The van der Waals surface area contributed by atoms with Crippen LogP contribution < -0.4 is 10.1 Å². The lowest BCUT2D eigenvalue weighted by atomic mass is 10.1. The van der Waals surface area contributed by atoms with E-state index in [0.717, 1.165) is 22.0 Å². The Labute approximate surface area is 168 Å². The predicted molar refractivity (Wildman–Crippen MR) is 110 cm³/mol. The molecule has 0 aliphatic rings. The zero-order valence-corrected chi connectivity index (χ0v) is 18.1. The van der Waals surface area contributed by atoms with Gasteiger partial charge in [0, 0.05) is 29.8 Å². The molecule has 27 heavy (non-hydrogen) atoms. The first-order valence-electron chi connectivity index (χ1n) is 8.43. The fourth-order valence-electron chi connectivity index (χ4n) is 2.32. The maximum absolute atomic E-state index is 12.6. The van der Waals surface area contributed by atoms with Crippen LogP contribution in [0.4, 0.5) is 5.69 Å². The molecule has 1 N–H and O–H groups in total. The highest BCUT2D eigenvalue weighted by atomic mass is 79.9. The van der Waals surface area contributed by atoms with Crippen LogP contribution in [0.5, 0.6) is 5.75 Å². The highest BCUT2D eigenvalue weighted by Crippen LogP contribution is 2.26. The number of hydrogen-bond donors (Lipinski definition) is 1. The largest absolute Gasteiger partial charge is 0.494 e. The summed E-state index contributed by atoms with van der Waals surface area (Å²) in [5, 5.41) is 2.82. The number of aryl methyl sites for hydroxylation is 1. The fourth-order valence-corrected chi connectivity index (χ4v) is 4.16. The van der Waals surface area contributed by atoms with Crippen molar-refractivity contribution in [2.45, 2.75) is 25.2 Å². The molecule has 1 amide bonds. The van der Waals surface area contributed by atoms with Gasteiger partial charge in [-0.3, -0.25) is 4.79 Å². The van der Waals surface area contributed by atoms with Crippen molar-refractivity contribution in [2.24, 2.45) is 0 Å². The number of ether oxygens (including phenoxy) is 1. The number of nitrogens with zero attached hydrogens (tertiary/aromatic N) is 1. The van der Waals surface area contributed by atoms with Crippen molar-refractivity contribution < 1.29 is 17.9 Å². The van der Waals surface area contributed by atoms with E-state index in [4.69, 9.17) is 4.74 Å². The van der Waals surface area contributed by atoms with Crippen LogP contribution in [0.2, 0.25) is 0 Å². The molecule has 2 rings (SSSR count). The molecule has 0 aliphatic carbocycles. The monoisotopic (exact) mass is 454 g/mol. The zero-order valence-electron chi connectivity index (χ0n) is 15.7. The van der Waals surface area contributed by atoms with Crippen molar-refractivity contribution in [1.29, 1.82) is 0 Å². The Kier molecular flexibility index (Phi) is 7.02. The van der Waals surface area contributed by atoms with E-state index in [9.17, 15) is 13.2 Å². The molecule has 0 atom stereocenters. The molecule has 146 valence electrons. The van der Waals surface area contributed by atoms with E-state index in [1.807, 2.05) is 19.9 Å². The van der Waals surface area contributed by atoms with Gasteiger partial charge in [-0.1, -0.05) is 6.92 Å². The fraction of sp³-hybridized carbons (Fsp3) is 0.316. The minimum atomic E-state index is -3.67. The maximum atomic E-state index is 12.6. The van der Waals surface area contributed by atoms with Gasteiger partial charge in [-0.25, -0.2) is 12.7 Å². The number of carbonyl (C=O) groups is 1. The Bertz CT molecular complexity index is 943. The number of amides is 1. The average Bonchev–Trinajstić information content (AvgIpc) is 2.61. The van der Waals surface area contributed by atoms with E-state index in [-0.39, 0.29) is 16.4 Å². The van der Waals surface area contributed by atoms with Gasteiger partial charge in [0.15, 0.2) is 0 Å². The first kappa shape index (κ1) is 21.4. The SMILES string of the molecule is CCCOc1ccc(NC(=O)c2ccc(Br)c(S(=O)(=O)N(C)C)c2)c(C)c1. The molecule has 0 fully saturated rings. The molecule has 0 radical (unpaired) electrons. The van der Waals surface area contributed by atoms with Crippen LogP contribution in [-0.2, 0) is 10.0 Å². The molecule has 0 heterocycles. The first-order chi connectivity index (χ1) is 12.7. The summed E-state index contributed by atoms with van der Waals surface area (Å²) >= 11 is 3.24. The van der Waals surface area contributed by atoms with Crippen LogP contribution in [0.25, 0.3) is 0 Å². The first-order valence-corrected chi connectivity index (χ1v) is 10.7. The van der Waals surface area contributed by atoms with Crippen molar-refractivity contribution in [3.8, 4) is 5.75 Å². The summed E-state index contributed by atoms with van der Waals surface area (Å²) < 4.78 is 31.9. The van der Waals surface area contributed by atoms with E-state index in [1.54, 1.807) is 24.3 Å². The molecule has 2 aromatic carbocycles. The van der Waals surface area contributed by atoms with Gasteiger partial charge in [0.25, 0.3) is 5.91 Å². The van der Waals surface area contributed by atoms with E-state index >= 15 is 0 Å². The molecule has 0 unspecified atom stereocenters. The summed E-state index contributed by atoms with van der Waals surface area (Å²) in [5.74, 6) is 0.360. The van der Waals surface area contributed by atoms with Crippen molar-refractivity contribution in [3.05, 3.63) is 52.0 Å². The highest BCUT2D eigenvalue weighted by Gasteiger charge is 2.22. The van der Waals surface area contributed by atoms with Crippen molar-refractivity contribution in [1.82, 2.24) is 4.31 Å². The molecular weight excluding hydrogens is 432 g/mol. The van der Waals surface area contributed by atoms with E-state index in [1.165, 1.54) is 20.2 Å². The highest BCUT2D eigenvalue weighted by molar-refractivity contribution is 9.10. The molecule has 0 spiro atoms. The Morgan fingerprint density at radius 3 is 2.48 bits per heavy atom. The number of anilines is 1. The number of rotatable bonds is 7. The number of nitrogens with one attached hydrogen (secondary N) is 1. The average molecular weight is 455 g/mol. The summed E-state index contributed by atoms with van der Waals surface area (Å²) in [6, 6.07) is 9.91. The number of sulfonamides is 1. The van der Waals surface area contributed by atoms with Crippen molar-refractivity contribution in [2.75, 3.05) is 26.0 Å². The number of hydrogen-bond acceptors (Lipinski definition) is 4. The van der Waals surface area contributed by atoms with Crippen molar-refractivity contribution >= 4 is 37.5 Å². The molecule has 8 heteroatoms. The molecular formula is C19H23BrN2O4S. The maximum Gasteiger partial charge on any atom is 0.255 e. The summed E-state index contributed by atoms with van der Waals surface area (Å²) in [6.45, 7) is 4.54. The van der Waals surface area contributed by atoms with Gasteiger partial charge in [0.2, 0.25) is 10.0 Å². The normalized spacial score (nSPS) is 11.5. The van der Waals surface area contributed by atoms with E-state index in [2.05, 4.69) is 21.2 Å². The lowest BCUT2D eigenvalue weighted by Crippen LogP contribution is -2.23. The summed E-state index contributed by atoms with van der Waals surface area (Å²) in [4.78, 5) is 12.7. The van der Waals surface area contributed by atoms with Gasteiger partial charge in [0.1, 0.15) is 5.75 Å². The van der Waals surface area contributed by atoms with Crippen molar-refractivity contribution in [3.63, 3.8) is 0 Å². The van der Waals surface area contributed by atoms with Crippen LogP contribution in [0.15, 0.2) is 45.8 Å². The zero-order chi connectivity index (χ0) is 20.2. The molecule has 6 nitrogen and oxygen atoms in total. The molecule has 0 saturated carbocycles. The molecule has 0 aromatic heterocycles. The molecule has 0 bridgehead atoms. The smallest absolute Gasteiger partial charge is 0.255 e. The number of carbonyl (C=O) groups excluding carboxylic acids is 1. The topological polar surface area (TPSA) is 75.7 Å². The predicted octanol–water partition coefficient (Wildman–Crippen LogP) is 4.05. The Morgan fingerprint density at radius 1 is 1.19 bits per heavy atom. The Morgan fingerprint density at radius 2 is 1.89 bits per heavy atom. The van der Waals surface area contributed by atoms with Crippen LogP contribution in [-0.4, -0.2) is 39.3 Å². The van der Waals surface area contributed by atoms with E-state index in [0.29, 0.717) is 16.8 Å².